The van der Waals surface area contributed by atoms with E-state index >= 15 is 0 Å². The third-order valence-corrected chi connectivity index (χ3v) is 3.18. The Labute approximate surface area is 122 Å². The zero-order valence-electron chi connectivity index (χ0n) is 8.44. The van der Waals surface area contributed by atoms with Gasteiger partial charge in [-0.1, -0.05) is 29.0 Å². The molecule has 0 saturated heterocycles. The first-order chi connectivity index (χ1) is 7.09. The van der Waals surface area contributed by atoms with E-state index in [0.717, 1.165) is 11.3 Å². The molecule has 1 heterocycles. The molecule has 0 fully saturated rings. The monoisotopic (exact) mass is 266 g/mol. The summed E-state index contributed by atoms with van der Waals surface area (Å²) in [5.74, 6) is -1.06. The van der Waals surface area contributed by atoms with Crippen molar-refractivity contribution in [2.24, 2.45) is 0 Å². The molecule has 1 aromatic carbocycles. The van der Waals surface area contributed by atoms with Gasteiger partial charge < -0.3 is 5.11 Å². The van der Waals surface area contributed by atoms with Gasteiger partial charge in [-0.2, -0.15) is 0 Å². The van der Waals surface area contributed by atoms with E-state index in [-0.39, 0.29) is 41.0 Å². The van der Waals surface area contributed by atoms with Crippen molar-refractivity contribution in [3.8, 4) is 0 Å². The minimum absolute atomic E-state index is 0. The van der Waals surface area contributed by atoms with Crippen LogP contribution < -0.4 is 4.87 Å². The number of benzene rings is 1. The zero-order valence-corrected chi connectivity index (χ0v) is 12.0. The van der Waals surface area contributed by atoms with Crippen LogP contribution in [-0.4, -0.2) is 45.2 Å². The smallest absolute Gasteiger partial charge is 0.323 e. The minimum atomic E-state index is -1.06. The third kappa shape index (κ3) is 2.49. The first kappa shape index (κ1) is 13.7. The molecule has 0 spiro atoms. The van der Waals surface area contributed by atoms with Crippen molar-refractivity contribution < 1.29 is 9.90 Å². The Bertz CT molecular complexity index is 592. The van der Waals surface area contributed by atoms with Crippen LogP contribution in [-0.2, 0) is 11.3 Å². The summed E-state index contributed by atoms with van der Waals surface area (Å²) in [6, 6.07) is 5.10. The van der Waals surface area contributed by atoms with Crippen LogP contribution in [0.4, 0.5) is 0 Å². The van der Waals surface area contributed by atoms with Gasteiger partial charge in [-0.05, 0) is 12.1 Å². The zero-order chi connectivity index (χ0) is 11.0. The summed E-state index contributed by atoms with van der Waals surface area (Å²) in [6.45, 7) is -0.359. The molecule has 0 amide bonds. The topological polar surface area (TPSA) is 59.3 Å². The molecular formula is C9H6ClNNaO3S. The van der Waals surface area contributed by atoms with E-state index in [1.807, 2.05) is 0 Å². The number of hydrogen-bond acceptors (Lipinski definition) is 3. The SMILES string of the molecule is O=C(O)Cn1c(=O)sc2cccc(Cl)c21.[Na]. The summed E-state index contributed by atoms with van der Waals surface area (Å²) < 4.78 is 1.87. The molecule has 0 atom stereocenters. The van der Waals surface area contributed by atoms with Gasteiger partial charge in [-0.3, -0.25) is 14.2 Å². The predicted molar refractivity (Wildman–Crippen MR) is 64.5 cm³/mol. The first-order valence-electron chi connectivity index (χ1n) is 4.09. The van der Waals surface area contributed by atoms with Crippen LogP contribution in [0.5, 0.6) is 0 Å². The fraction of sp³-hybridized carbons (Fsp3) is 0.111. The number of carboxylic acid groups (broad SMARTS) is 1. The number of thiazole rings is 1. The number of carbonyl (C=O) groups is 1. The second kappa shape index (κ2) is 5.33. The molecule has 0 aliphatic carbocycles. The predicted octanol–water partition coefficient (Wildman–Crippen LogP) is 1.42. The van der Waals surface area contributed by atoms with E-state index in [0.29, 0.717) is 15.2 Å². The van der Waals surface area contributed by atoms with E-state index in [2.05, 4.69) is 0 Å². The van der Waals surface area contributed by atoms with Gasteiger partial charge in [0.2, 0.25) is 0 Å². The van der Waals surface area contributed by atoms with Crippen LogP contribution in [0.15, 0.2) is 23.0 Å². The number of aliphatic carboxylic acids is 1. The fourth-order valence-corrected chi connectivity index (χ4v) is 2.61. The second-order valence-corrected chi connectivity index (χ2v) is 4.33. The van der Waals surface area contributed by atoms with Crippen LogP contribution in [0.25, 0.3) is 10.2 Å². The maximum absolute atomic E-state index is 11.5. The Morgan fingerprint density at radius 1 is 1.50 bits per heavy atom. The average Bonchev–Trinajstić information content (AvgIpc) is 2.43. The van der Waals surface area contributed by atoms with Crippen molar-refractivity contribution in [1.82, 2.24) is 4.57 Å². The van der Waals surface area contributed by atoms with Gasteiger partial charge in [0.25, 0.3) is 0 Å². The quantitative estimate of drug-likeness (QED) is 0.837. The largest absolute Gasteiger partial charge is 0.480 e. The average molecular weight is 267 g/mol. The van der Waals surface area contributed by atoms with Gasteiger partial charge >= 0.3 is 10.8 Å². The van der Waals surface area contributed by atoms with Crippen molar-refractivity contribution in [3.63, 3.8) is 0 Å². The Hall–Kier alpha value is -0.330. The molecule has 0 aliphatic rings. The summed E-state index contributed by atoms with van der Waals surface area (Å²) in [5.41, 5.74) is 0.497. The molecule has 4 nitrogen and oxygen atoms in total. The molecule has 0 bridgehead atoms. The Morgan fingerprint density at radius 3 is 2.81 bits per heavy atom. The van der Waals surface area contributed by atoms with Crippen molar-refractivity contribution >= 4 is 68.7 Å². The Balaban J connectivity index is 0.00000128. The van der Waals surface area contributed by atoms with Crippen molar-refractivity contribution in [3.05, 3.63) is 32.9 Å². The van der Waals surface area contributed by atoms with Gasteiger partial charge in [0.05, 0.1) is 15.2 Å². The van der Waals surface area contributed by atoms with Gasteiger partial charge in [-0.25, -0.2) is 0 Å². The number of hydrogen-bond donors (Lipinski definition) is 1. The molecule has 0 aliphatic heterocycles. The molecule has 1 aromatic heterocycles. The molecule has 16 heavy (non-hydrogen) atoms. The molecular weight excluding hydrogens is 261 g/mol. The minimum Gasteiger partial charge on any atom is -0.480 e. The first-order valence-corrected chi connectivity index (χ1v) is 5.28. The maximum atomic E-state index is 11.5. The molecule has 79 valence electrons. The molecule has 0 saturated carbocycles. The molecule has 0 unspecified atom stereocenters. The van der Waals surface area contributed by atoms with E-state index in [1.54, 1.807) is 18.2 Å². The Kier molecular flexibility index (Phi) is 4.58. The summed E-state index contributed by atoms with van der Waals surface area (Å²) in [4.78, 5) is 21.8. The summed E-state index contributed by atoms with van der Waals surface area (Å²) >= 11 is 6.91. The van der Waals surface area contributed by atoms with Gasteiger partial charge in [-0.15, -0.1) is 0 Å². The molecule has 7 heteroatoms. The number of para-hydroxylation sites is 1. The van der Waals surface area contributed by atoms with Crippen molar-refractivity contribution in [2.75, 3.05) is 0 Å². The van der Waals surface area contributed by atoms with Crippen LogP contribution in [0.2, 0.25) is 5.02 Å². The van der Waals surface area contributed by atoms with E-state index in [4.69, 9.17) is 16.7 Å². The third-order valence-electron chi connectivity index (χ3n) is 1.93. The van der Waals surface area contributed by atoms with Crippen LogP contribution in [0, 0.1) is 0 Å². The van der Waals surface area contributed by atoms with Crippen LogP contribution in [0.1, 0.15) is 0 Å². The summed E-state index contributed by atoms with van der Waals surface area (Å²) in [6.07, 6.45) is 0. The number of nitrogens with zero attached hydrogens (tertiary/aromatic N) is 1. The standard InChI is InChI=1S/C9H6ClNO3S.Na/c10-5-2-1-3-6-8(5)11(4-7(12)13)9(14)15-6;/h1-3H,4H2,(H,12,13);. The van der Waals surface area contributed by atoms with Crippen molar-refractivity contribution in [2.45, 2.75) is 6.54 Å². The number of aromatic nitrogens is 1. The molecule has 1 N–H and O–H groups in total. The molecule has 2 rings (SSSR count). The number of carboxylic acids is 1. The number of rotatable bonds is 2. The maximum Gasteiger partial charge on any atom is 0.323 e. The van der Waals surface area contributed by atoms with Gasteiger partial charge in [0, 0.05) is 29.6 Å². The number of fused-ring (bicyclic) bond motifs is 1. The number of halogens is 1. The van der Waals surface area contributed by atoms with Gasteiger partial charge in [0.15, 0.2) is 0 Å². The summed E-state index contributed by atoms with van der Waals surface area (Å²) in [7, 11) is 0. The molecule has 2 aromatic rings. The molecule has 1 radical (unpaired) electrons. The van der Waals surface area contributed by atoms with E-state index in [1.165, 1.54) is 4.57 Å². The van der Waals surface area contributed by atoms with E-state index in [9.17, 15) is 9.59 Å². The van der Waals surface area contributed by atoms with Crippen LogP contribution >= 0.6 is 22.9 Å². The van der Waals surface area contributed by atoms with E-state index < -0.39 is 5.97 Å². The normalized spacial score (nSPS) is 10.1. The second-order valence-electron chi connectivity index (χ2n) is 2.93. The van der Waals surface area contributed by atoms with Gasteiger partial charge in [0.1, 0.15) is 6.54 Å². The fourth-order valence-electron chi connectivity index (χ4n) is 1.36. The Morgan fingerprint density at radius 2 is 2.19 bits per heavy atom. The van der Waals surface area contributed by atoms with Crippen molar-refractivity contribution in [1.29, 1.82) is 0 Å². The summed E-state index contributed by atoms with van der Waals surface area (Å²) in [5, 5.41) is 9.06. The van der Waals surface area contributed by atoms with Crippen LogP contribution in [0.3, 0.4) is 0 Å².